The first-order valence-electron chi connectivity index (χ1n) is 8.18. The number of H-pyrrole nitrogens is 1. The minimum atomic E-state index is -0.190. The predicted octanol–water partition coefficient (Wildman–Crippen LogP) is 2.71. The molecule has 1 aliphatic heterocycles. The molecular weight excluding hydrogens is 292 g/mol. The smallest absolute Gasteiger partial charge is 0.287 e. The van der Waals surface area contributed by atoms with Crippen LogP contribution in [0.5, 0.6) is 0 Å². The molecule has 1 aliphatic rings. The van der Waals surface area contributed by atoms with Gasteiger partial charge in [-0.25, -0.2) is 0 Å². The highest BCUT2D eigenvalue weighted by molar-refractivity contribution is 5.91. The lowest BCUT2D eigenvalue weighted by Crippen LogP contribution is -2.27. The SMILES string of the molecule is Cc1n[nH]c(C)c1C(C)NC(=O)c1ccc(CN2CCCC2)o1. The van der Waals surface area contributed by atoms with Gasteiger partial charge in [0.25, 0.3) is 5.91 Å². The van der Waals surface area contributed by atoms with Crippen LogP contribution >= 0.6 is 0 Å². The maximum absolute atomic E-state index is 12.4. The Morgan fingerprint density at radius 1 is 1.39 bits per heavy atom. The maximum Gasteiger partial charge on any atom is 0.287 e. The van der Waals surface area contributed by atoms with Crippen LogP contribution in [0.3, 0.4) is 0 Å². The summed E-state index contributed by atoms with van der Waals surface area (Å²) in [4.78, 5) is 14.7. The van der Waals surface area contributed by atoms with Crippen LogP contribution in [0.4, 0.5) is 0 Å². The van der Waals surface area contributed by atoms with Crippen molar-refractivity contribution in [2.45, 2.75) is 46.2 Å². The van der Waals surface area contributed by atoms with Crippen LogP contribution in [0.15, 0.2) is 16.5 Å². The van der Waals surface area contributed by atoms with Crippen molar-refractivity contribution in [3.63, 3.8) is 0 Å². The molecule has 1 saturated heterocycles. The van der Waals surface area contributed by atoms with Crippen LogP contribution < -0.4 is 5.32 Å². The van der Waals surface area contributed by atoms with Gasteiger partial charge in [0.15, 0.2) is 5.76 Å². The van der Waals surface area contributed by atoms with E-state index < -0.39 is 0 Å². The van der Waals surface area contributed by atoms with Gasteiger partial charge in [-0.15, -0.1) is 0 Å². The first kappa shape index (κ1) is 15.8. The molecular formula is C17H24N4O2. The molecule has 2 aromatic rings. The number of nitrogens with zero attached hydrogens (tertiary/aromatic N) is 2. The van der Waals surface area contributed by atoms with Gasteiger partial charge in [-0.2, -0.15) is 5.10 Å². The Bertz CT molecular complexity index is 663. The first-order chi connectivity index (χ1) is 11.0. The van der Waals surface area contributed by atoms with Crippen molar-refractivity contribution >= 4 is 5.91 Å². The quantitative estimate of drug-likeness (QED) is 0.889. The normalized spacial score (nSPS) is 16.7. The number of aromatic nitrogens is 2. The summed E-state index contributed by atoms with van der Waals surface area (Å²) < 4.78 is 5.71. The maximum atomic E-state index is 12.4. The Morgan fingerprint density at radius 2 is 2.13 bits per heavy atom. The van der Waals surface area contributed by atoms with Gasteiger partial charge >= 0.3 is 0 Å². The lowest BCUT2D eigenvalue weighted by atomic mass is 10.1. The van der Waals surface area contributed by atoms with Crippen molar-refractivity contribution in [3.05, 3.63) is 40.6 Å². The molecule has 0 radical (unpaired) electrons. The van der Waals surface area contributed by atoms with E-state index in [2.05, 4.69) is 20.4 Å². The van der Waals surface area contributed by atoms with Gasteiger partial charge in [0, 0.05) is 11.3 Å². The highest BCUT2D eigenvalue weighted by atomic mass is 16.4. The Balaban J connectivity index is 1.63. The van der Waals surface area contributed by atoms with Crippen molar-refractivity contribution in [1.29, 1.82) is 0 Å². The lowest BCUT2D eigenvalue weighted by Gasteiger charge is -2.14. The summed E-state index contributed by atoms with van der Waals surface area (Å²) in [6, 6.07) is 3.53. The number of hydrogen-bond donors (Lipinski definition) is 2. The van der Waals surface area contributed by atoms with E-state index in [1.807, 2.05) is 26.8 Å². The molecule has 3 heterocycles. The minimum absolute atomic E-state index is 0.117. The molecule has 1 unspecified atom stereocenters. The fourth-order valence-corrected chi connectivity index (χ4v) is 3.28. The third-order valence-corrected chi connectivity index (χ3v) is 4.43. The average Bonchev–Trinajstić information content (AvgIpc) is 3.22. The van der Waals surface area contributed by atoms with E-state index in [-0.39, 0.29) is 11.9 Å². The Morgan fingerprint density at radius 3 is 2.78 bits per heavy atom. The summed E-state index contributed by atoms with van der Waals surface area (Å²) >= 11 is 0. The monoisotopic (exact) mass is 316 g/mol. The van der Waals surface area contributed by atoms with Crippen molar-refractivity contribution in [2.24, 2.45) is 0 Å². The second-order valence-corrected chi connectivity index (χ2v) is 6.29. The summed E-state index contributed by atoms with van der Waals surface area (Å²) in [7, 11) is 0. The molecule has 1 atom stereocenters. The molecule has 6 nitrogen and oxygen atoms in total. The molecule has 23 heavy (non-hydrogen) atoms. The fraction of sp³-hybridized carbons (Fsp3) is 0.529. The zero-order valence-electron chi connectivity index (χ0n) is 14.0. The summed E-state index contributed by atoms with van der Waals surface area (Å²) in [5.74, 6) is 1.02. The summed E-state index contributed by atoms with van der Waals surface area (Å²) in [6.07, 6.45) is 2.49. The molecule has 2 N–H and O–H groups in total. The molecule has 1 fully saturated rings. The van der Waals surface area contributed by atoms with Gasteiger partial charge in [-0.05, 0) is 58.8 Å². The molecule has 0 spiro atoms. The average molecular weight is 316 g/mol. The van der Waals surface area contributed by atoms with E-state index in [1.165, 1.54) is 12.8 Å². The van der Waals surface area contributed by atoms with Crippen LogP contribution in [-0.2, 0) is 6.54 Å². The molecule has 2 aromatic heterocycles. The number of aryl methyl sites for hydroxylation is 2. The summed E-state index contributed by atoms with van der Waals surface area (Å²) in [5, 5.41) is 10.1. The predicted molar refractivity (Wildman–Crippen MR) is 87.2 cm³/mol. The number of carbonyl (C=O) groups is 1. The van der Waals surface area contributed by atoms with E-state index in [1.54, 1.807) is 6.07 Å². The number of likely N-dealkylation sites (tertiary alicyclic amines) is 1. The molecule has 0 saturated carbocycles. The largest absolute Gasteiger partial charge is 0.455 e. The number of hydrogen-bond acceptors (Lipinski definition) is 4. The summed E-state index contributed by atoms with van der Waals surface area (Å²) in [5.41, 5.74) is 2.91. The number of amides is 1. The zero-order valence-corrected chi connectivity index (χ0v) is 14.0. The molecule has 0 bridgehead atoms. The van der Waals surface area contributed by atoms with Gasteiger partial charge in [-0.1, -0.05) is 0 Å². The van der Waals surface area contributed by atoms with E-state index in [0.29, 0.717) is 5.76 Å². The van der Waals surface area contributed by atoms with Gasteiger partial charge < -0.3 is 9.73 Å². The molecule has 3 rings (SSSR count). The second-order valence-electron chi connectivity index (χ2n) is 6.29. The van der Waals surface area contributed by atoms with Crippen LogP contribution in [0.25, 0.3) is 0 Å². The van der Waals surface area contributed by atoms with Crippen LogP contribution in [-0.4, -0.2) is 34.1 Å². The van der Waals surface area contributed by atoms with Gasteiger partial charge in [-0.3, -0.25) is 14.8 Å². The highest BCUT2D eigenvalue weighted by Gasteiger charge is 2.20. The molecule has 1 amide bonds. The van der Waals surface area contributed by atoms with Crippen LogP contribution in [0.2, 0.25) is 0 Å². The molecule has 6 heteroatoms. The highest BCUT2D eigenvalue weighted by Crippen LogP contribution is 2.20. The van der Waals surface area contributed by atoms with Crippen LogP contribution in [0, 0.1) is 13.8 Å². The number of nitrogens with one attached hydrogen (secondary N) is 2. The van der Waals surface area contributed by atoms with Crippen molar-refractivity contribution in [2.75, 3.05) is 13.1 Å². The van der Waals surface area contributed by atoms with Crippen LogP contribution in [0.1, 0.15) is 59.1 Å². The standard InChI is InChI=1S/C17H24N4O2/c1-11(16-12(2)19-20-13(16)3)18-17(22)15-7-6-14(23-15)10-21-8-4-5-9-21/h6-7,11H,4-5,8-10H2,1-3H3,(H,18,22)(H,19,20). The topological polar surface area (TPSA) is 74.2 Å². The number of carbonyl (C=O) groups excluding carboxylic acids is 1. The van der Waals surface area contributed by atoms with Gasteiger partial charge in [0.2, 0.25) is 0 Å². The Kier molecular flexibility index (Phi) is 4.52. The number of furan rings is 1. The zero-order chi connectivity index (χ0) is 16.4. The molecule has 124 valence electrons. The summed E-state index contributed by atoms with van der Waals surface area (Å²) in [6.45, 7) is 8.85. The lowest BCUT2D eigenvalue weighted by molar-refractivity contribution is 0.0908. The van der Waals surface area contributed by atoms with E-state index >= 15 is 0 Å². The number of aromatic amines is 1. The molecule has 0 aliphatic carbocycles. The minimum Gasteiger partial charge on any atom is -0.455 e. The Labute approximate surface area is 136 Å². The third kappa shape index (κ3) is 3.47. The van der Waals surface area contributed by atoms with Crippen molar-refractivity contribution in [1.82, 2.24) is 20.4 Å². The van der Waals surface area contributed by atoms with E-state index in [9.17, 15) is 4.79 Å². The van der Waals surface area contributed by atoms with E-state index in [0.717, 1.165) is 42.3 Å². The van der Waals surface area contributed by atoms with Crippen molar-refractivity contribution in [3.8, 4) is 0 Å². The van der Waals surface area contributed by atoms with Gasteiger partial charge in [0.05, 0.1) is 18.3 Å². The fourth-order valence-electron chi connectivity index (χ4n) is 3.28. The van der Waals surface area contributed by atoms with Crippen molar-refractivity contribution < 1.29 is 9.21 Å². The number of rotatable bonds is 5. The van der Waals surface area contributed by atoms with Gasteiger partial charge in [0.1, 0.15) is 5.76 Å². The second kappa shape index (κ2) is 6.58. The first-order valence-corrected chi connectivity index (χ1v) is 8.18. The third-order valence-electron chi connectivity index (χ3n) is 4.43. The molecule has 0 aromatic carbocycles. The van der Waals surface area contributed by atoms with E-state index in [4.69, 9.17) is 4.42 Å². The Hall–Kier alpha value is -2.08.